The van der Waals surface area contributed by atoms with Gasteiger partial charge in [0.25, 0.3) is 15.9 Å². The number of anilines is 1. The first kappa shape index (κ1) is 14.3. The van der Waals surface area contributed by atoms with Gasteiger partial charge in [-0.3, -0.25) is 4.79 Å². The number of hydrogen-bond acceptors (Lipinski definition) is 4. The van der Waals surface area contributed by atoms with Crippen molar-refractivity contribution in [3.8, 4) is 0 Å². The monoisotopic (exact) mass is 295 g/mol. The molecule has 106 valence electrons. The summed E-state index contributed by atoms with van der Waals surface area (Å²) in [6.45, 7) is 2.73. The minimum Gasteiger partial charge on any atom is -0.478 e. The maximum absolute atomic E-state index is 12.0. The Labute approximate surface area is 116 Å². The van der Waals surface area contributed by atoms with Gasteiger partial charge < -0.3 is 5.11 Å². The predicted molar refractivity (Wildman–Crippen MR) is 73.6 cm³/mol. The van der Waals surface area contributed by atoms with Crippen molar-refractivity contribution in [1.82, 2.24) is 0 Å². The summed E-state index contributed by atoms with van der Waals surface area (Å²) in [6, 6.07) is 6.02. The second-order valence-corrected chi connectivity index (χ2v) is 7.18. The smallest absolute Gasteiger partial charge is 0.328 e. The lowest BCUT2D eigenvalue weighted by atomic mass is 10.1. The average Bonchev–Trinajstić information content (AvgIpc) is 2.37. The molecular weight excluding hydrogens is 282 g/mol. The van der Waals surface area contributed by atoms with Crippen LogP contribution in [0.3, 0.4) is 0 Å². The molecule has 0 saturated carbocycles. The van der Waals surface area contributed by atoms with Crippen molar-refractivity contribution >= 4 is 33.7 Å². The molecule has 0 spiro atoms. The number of carbonyl (C=O) groups excluding carboxylic acids is 1. The number of carbonyl (C=O) groups is 2. The molecule has 0 aromatic heterocycles. The number of carboxylic acids is 1. The normalized spacial score (nSPS) is 19.9. The first-order valence-electron chi connectivity index (χ1n) is 5.78. The molecule has 0 atom stereocenters. The van der Waals surface area contributed by atoms with E-state index in [0.29, 0.717) is 5.56 Å². The standard InChI is InChI=1S/C13H13NO5S/c1-13(2)12(17)14(20(13,18)19)10-6-3-9(4-7-10)5-8-11(15)16/h3-8H,1-2H3,(H,15,16). The van der Waals surface area contributed by atoms with Gasteiger partial charge in [-0.25, -0.2) is 17.5 Å². The lowest BCUT2D eigenvalue weighted by Crippen LogP contribution is -2.67. The molecule has 7 heteroatoms. The van der Waals surface area contributed by atoms with Gasteiger partial charge in [0, 0.05) is 6.08 Å². The zero-order valence-electron chi connectivity index (χ0n) is 10.9. The first-order chi connectivity index (χ1) is 9.18. The summed E-state index contributed by atoms with van der Waals surface area (Å²) in [6.07, 6.45) is 2.35. The molecule has 1 amide bonds. The lowest BCUT2D eigenvalue weighted by Gasteiger charge is -2.42. The quantitative estimate of drug-likeness (QED) is 0.847. The highest BCUT2D eigenvalue weighted by Gasteiger charge is 2.60. The summed E-state index contributed by atoms with van der Waals surface area (Å²) < 4.78 is 23.4. The van der Waals surface area contributed by atoms with E-state index in [0.717, 1.165) is 10.4 Å². The van der Waals surface area contributed by atoms with Crippen LogP contribution in [0.5, 0.6) is 0 Å². The van der Waals surface area contributed by atoms with E-state index in [9.17, 15) is 18.0 Å². The van der Waals surface area contributed by atoms with Crippen LogP contribution in [-0.4, -0.2) is 30.1 Å². The number of nitrogens with zero attached hydrogens (tertiary/aromatic N) is 1. The van der Waals surface area contributed by atoms with Crippen LogP contribution in [0.1, 0.15) is 19.4 Å². The van der Waals surface area contributed by atoms with Gasteiger partial charge in [0.05, 0.1) is 5.69 Å². The lowest BCUT2D eigenvalue weighted by molar-refractivity contribution is -0.131. The zero-order chi connectivity index (χ0) is 15.1. The van der Waals surface area contributed by atoms with Gasteiger partial charge >= 0.3 is 5.97 Å². The fraction of sp³-hybridized carbons (Fsp3) is 0.231. The Morgan fingerprint density at radius 3 is 2.25 bits per heavy atom. The number of sulfonamides is 1. The highest BCUT2D eigenvalue weighted by atomic mass is 32.2. The van der Waals surface area contributed by atoms with E-state index in [4.69, 9.17) is 5.11 Å². The van der Waals surface area contributed by atoms with Crippen molar-refractivity contribution in [3.05, 3.63) is 35.9 Å². The molecule has 1 heterocycles. The molecule has 6 nitrogen and oxygen atoms in total. The van der Waals surface area contributed by atoms with E-state index in [-0.39, 0.29) is 5.69 Å². The van der Waals surface area contributed by atoms with Gasteiger partial charge in [-0.15, -0.1) is 0 Å². The third kappa shape index (κ3) is 2.00. The topological polar surface area (TPSA) is 91.8 Å². The molecule has 1 saturated heterocycles. The molecule has 1 fully saturated rings. The maximum Gasteiger partial charge on any atom is 0.328 e. The summed E-state index contributed by atoms with van der Waals surface area (Å²) in [5, 5.41) is 8.51. The number of carboxylic acid groups (broad SMARTS) is 1. The highest BCUT2D eigenvalue weighted by Crippen LogP contribution is 2.38. The van der Waals surface area contributed by atoms with Crippen LogP contribution >= 0.6 is 0 Å². The van der Waals surface area contributed by atoms with Gasteiger partial charge in [0.1, 0.15) is 0 Å². The third-order valence-corrected chi connectivity index (χ3v) is 5.45. The van der Waals surface area contributed by atoms with Crippen molar-refractivity contribution < 1.29 is 23.1 Å². The third-order valence-electron chi connectivity index (χ3n) is 3.13. The molecule has 1 aromatic rings. The summed E-state index contributed by atoms with van der Waals surface area (Å²) in [5.74, 6) is -1.55. The molecule has 2 rings (SSSR count). The first-order valence-corrected chi connectivity index (χ1v) is 7.22. The Balaban J connectivity index is 2.29. The summed E-state index contributed by atoms with van der Waals surface area (Å²) in [7, 11) is -3.67. The Morgan fingerprint density at radius 2 is 1.80 bits per heavy atom. The zero-order valence-corrected chi connectivity index (χ0v) is 11.7. The summed E-state index contributed by atoms with van der Waals surface area (Å²) >= 11 is 0. The van der Waals surface area contributed by atoms with Gasteiger partial charge in [0.2, 0.25) is 0 Å². The van der Waals surface area contributed by atoms with Crippen molar-refractivity contribution in [1.29, 1.82) is 0 Å². The van der Waals surface area contributed by atoms with Crippen molar-refractivity contribution in [3.63, 3.8) is 0 Å². The average molecular weight is 295 g/mol. The number of benzene rings is 1. The fourth-order valence-electron chi connectivity index (χ4n) is 1.80. The largest absolute Gasteiger partial charge is 0.478 e. The van der Waals surface area contributed by atoms with E-state index < -0.39 is 26.6 Å². The molecule has 20 heavy (non-hydrogen) atoms. The number of aliphatic carboxylic acids is 1. The minimum atomic E-state index is -3.67. The van der Waals surface area contributed by atoms with E-state index in [1.54, 1.807) is 12.1 Å². The second kappa shape index (κ2) is 4.45. The Kier molecular flexibility index (Phi) is 3.17. The Bertz CT molecular complexity index is 701. The molecule has 1 N–H and O–H groups in total. The predicted octanol–water partition coefficient (Wildman–Crippen LogP) is 1.24. The molecule has 0 unspecified atom stereocenters. The number of rotatable bonds is 3. The van der Waals surface area contributed by atoms with Crippen molar-refractivity contribution in [2.45, 2.75) is 18.6 Å². The molecule has 1 aliphatic rings. The van der Waals surface area contributed by atoms with Crippen LogP contribution in [0.4, 0.5) is 5.69 Å². The molecule has 0 radical (unpaired) electrons. The van der Waals surface area contributed by atoms with Crippen LogP contribution in [0, 0.1) is 0 Å². The Hall–Kier alpha value is -2.15. The molecule has 1 aromatic carbocycles. The van der Waals surface area contributed by atoms with Gasteiger partial charge in [-0.2, -0.15) is 0 Å². The fourth-order valence-corrected chi connectivity index (χ4v) is 3.28. The number of amides is 1. The SMILES string of the molecule is CC1(C)C(=O)N(c2ccc(C=CC(=O)O)cc2)S1(=O)=O. The maximum atomic E-state index is 12.0. The van der Waals surface area contributed by atoms with Crippen molar-refractivity contribution in [2.24, 2.45) is 0 Å². The molecular formula is C13H13NO5S. The molecule has 0 aliphatic carbocycles. The van der Waals surface area contributed by atoms with Crippen LogP contribution in [-0.2, 0) is 19.6 Å². The van der Waals surface area contributed by atoms with E-state index in [1.807, 2.05) is 0 Å². The van der Waals surface area contributed by atoms with E-state index >= 15 is 0 Å². The molecule has 0 bridgehead atoms. The van der Waals surface area contributed by atoms with Crippen LogP contribution in [0.2, 0.25) is 0 Å². The van der Waals surface area contributed by atoms with Crippen LogP contribution in [0.15, 0.2) is 30.3 Å². The minimum absolute atomic E-state index is 0.252. The second-order valence-electron chi connectivity index (χ2n) is 4.85. The van der Waals surface area contributed by atoms with Gasteiger partial charge in [-0.05, 0) is 37.6 Å². The number of hydrogen-bond donors (Lipinski definition) is 1. The highest BCUT2D eigenvalue weighted by molar-refractivity contribution is 7.98. The van der Waals surface area contributed by atoms with Crippen molar-refractivity contribution in [2.75, 3.05) is 4.31 Å². The van der Waals surface area contributed by atoms with Gasteiger partial charge in [0.15, 0.2) is 4.75 Å². The summed E-state index contributed by atoms with van der Waals surface area (Å²) in [4.78, 5) is 22.2. The Morgan fingerprint density at radius 1 is 1.25 bits per heavy atom. The van der Waals surface area contributed by atoms with E-state index in [1.165, 1.54) is 32.1 Å². The summed E-state index contributed by atoms with van der Waals surface area (Å²) in [5.41, 5.74) is 0.850. The van der Waals surface area contributed by atoms with Gasteiger partial charge in [-0.1, -0.05) is 12.1 Å². The van der Waals surface area contributed by atoms with Crippen LogP contribution < -0.4 is 4.31 Å². The van der Waals surface area contributed by atoms with E-state index in [2.05, 4.69) is 0 Å². The van der Waals surface area contributed by atoms with Crippen LogP contribution in [0.25, 0.3) is 6.08 Å². The molecule has 1 aliphatic heterocycles.